The second-order valence-corrected chi connectivity index (χ2v) is 7.75. The third-order valence-corrected chi connectivity index (χ3v) is 5.89. The van der Waals surface area contributed by atoms with E-state index in [2.05, 4.69) is 34.1 Å². The van der Waals surface area contributed by atoms with Crippen molar-refractivity contribution in [3.05, 3.63) is 57.2 Å². The quantitative estimate of drug-likeness (QED) is 0.734. The number of amides is 1. The predicted molar refractivity (Wildman–Crippen MR) is 108 cm³/mol. The predicted octanol–water partition coefficient (Wildman–Crippen LogP) is 3.33. The van der Waals surface area contributed by atoms with Crippen LogP contribution in [0.3, 0.4) is 0 Å². The molecule has 2 aliphatic rings. The zero-order valence-corrected chi connectivity index (χ0v) is 17.3. The molecule has 8 heteroatoms. The Hall–Kier alpha value is -3.28. The standard InChI is InChI=1S/C21H18BrN5O2/c1-2-29-20(28)27-7-6-15-16(9-23)19(26)21(11-24,12-25)18(17(15)10-27)13-4-3-5-14(22)8-13/h3-6,8,17-18H,2,7,10,26H2,1H3/t17-,18+/m1/s1. The largest absolute Gasteiger partial charge is 0.450 e. The van der Waals surface area contributed by atoms with E-state index in [4.69, 9.17) is 10.5 Å². The number of fused-ring (bicyclic) bond motifs is 1. The Bertz CT molecular complexity index is 1030. The van der Waals surface area contributed by atoms with Crippen LogP contribution in [0.15, 0.2) is 51.7 Å². The molecule has 1 aromatic rings. The number of nitriles is 3. The van der Waals surface area contributed by atoms with Gasteiger partial charge in [0.05, 0.1) is 30.0 Å². The summed E-state index contributed by atoms with van der Waals surface area (Å²) in [6.07, 6.45) is 1.29. The van der Waals surface area contributed by atoms with Crippen LogP contribution in [-0.2, 0) is 4.74 Å². The molecular formula is C21H18BrN5O2. The highest BCUT2D eigenvalue weighted by Crippen LogP contribution is 2.54. The van der Waals surface area contributed by atoms with Gasteiger partial charge in [-0.15, -0.1) is 0 Å². The van der Waals surface area contributed by atoms with Gasteiger partial charge in [-0.25, -0.2) is 4.79 Å². The molecule has 1 aromatic carbocycles. The summed E-state index contributed by atoms with van der Waals surface area (Å²) in [5, 5.41) is 29.8. The molecule has 2 N–H and O–H groups in total. The minimum absolute atomic E-state index is 0.0398. The van der Waals surface area contributed by atoms with Crippen LogP contribution in [0.25, 0.3) is 0 Å². The Morgan fingerprint density at radius 3 is 2.69 bits per heavy atom. The molecule has 0 saturated carbocycles. The molecular weight excluding hydrogens is 434 g/mol. The topological polar surface area (TPSA) is 127 Å². The Morgan fingerprint density at radius 1 is 1.38 bits per heavy atom. The Balaban J connectivity index is 2.24. The number of hydrogen-bond donors (Lipinski definition) is 1. The van der Waals surface area contributed by atoms with Crippen molar-refractivity contribution in [2.24, 2.45) is 17.1 Å². The van der Waals surface area contributed by atoms with E-state index < -0.39 is 23.3 Å². The Kier molecular flexibility index (Phi) is 5.64. The number of hydrogen-bond acceptors (Lipinski definition) is 6. The molecule has 1 aliphatic heterocycles. The molecule has 0 saturated heterocycles. The molecule has 0 unspecified atom stereocenters. The van der Waals surface area contributed by atoms with Crippen molar-refractivity contribution in [2.75, 3.05) is 19.7 Å². The molecule has 1 aliphatic carbocycles. The molecule has 146 valence electrons. The molecule has 7 nitrogen and oxygen atoms in total. The van der Waals surface area contributed by atoms with Gasteiger partial charge >= 0.3 is 6.09 Å². The molecule has 0 bridgehead atoms. The fraction of sp³-hybridized carbons (Fsp3) is 0.333. The number of nitrogens with zero attached hydrogens (tertiary/aromatic N) is 4. The van der Waals surface area contributed by atoms with Gasteiger partial charge < -0.3 is 15.4 Å². The van der Waals surface area contributed by atoms with Gasteiger partial charge in [-0.3, -0.25) is 0 Å². The molecule has 2 atom stereocenters. The molecule has 3 rings (SSSR count). The monoisotopic (exact) mass is 451 g/mol. The Labute approximate surface area is 177 Å². The lowest BCUT2D eigenvalue weighted by atomic mass is 9.58. The first-order valence-electron chi connectivity index (χ1n) is 9.03. The van der Waals surface area contributed by atoms with Crippen LogP contribution in [0.4, 0.5) is 4.79 Å². The third kappa shape index (κ3) is 3.24. The highest BCUT2D eigenvalue weighted by atomic mass is 79.9. The van der Waals surface area contributed by atoms with Gasteiger partial charge in [0.25, 0.3) is 0 Å². The van der Waals surface area contributed by atoms with Gasteiger partial charge in [0.15, 0.2) is 5.41 Å². The van der Waals surface area contributed by atoms with E-state index in [9.17, 15) is 20.6 Å². The summed E-state index contributed by atoms with van der Waals surface area (Å²) in [4.78, 5) is 13.8. The summed E-state index contributed by atoms with van der Waals surface area (Å²) < 4.78 is 5.91. The third-order valence-electron chi connectivity index (χ3n) is 5.40. The lowest BCUT2D eigenvalue weighted by molar-refractivity contribution is 0.0999. The van der Waals surface area contributed by atoms with Crippen molar-refractivity contribution in [1.82, 2.24) is 4.90 Å². The molecule has 0 spiro atoms. The van der Waals surface area contributed by atoms with E-state index in [1.807, 2.05) is 24.3 Å². The highest BCUT2D eigenvalue weighted by Gasteiger charge is 2.54. The first-order chi connectivity index (χ1) is 13.9. The Morgan fingerprint density at radius 2 is 2.10 bits per heavy atom. The van der Waals surface area contributed by atoms with Gasteiger partial charge in [-0.2, -0.15) is 15.8 Å². The van der Waals surface area contributed by atoms with E-state index in [1.54, 1.807) is 13.0 Å². The lowest BCUT2D eigenvalue weighted by Crippen LogP contribution is -2.49. The van der Waals surface area contributed by atoms with Crippen molar-refractivity contribution >= 4 is 22.0 Å². The number of ether oxygens (including phenoxy) is 1. The van der Waals surface area contributed by atoms with Gasteiger partial charge in [-0.05, 0) is 30.2 Å². The normalized spacial score (nSPS) is 22.4. The number of allylic oxidation sites excluding steroid dienone is 2. The van der Waals surface area contributed by atoms with Crippen LogP contribution < -0.4 is 5.73 Å². The van der Waals surface area contributed by atoms with Crippen LogP contribution in [0.1, 0.15) is 18.4 Å². The number of halogens is 1. The number of benzene rings is 1. The van der Waals surface area contributed by atoms with Crippen molar-refractivity contribution in [3.63, 3.8) is 0 Å². The molecule has 0 fully saturated rings. The zero-order chi connectivity index (χ0) is 21.2. The molecule has 1 heterocycles. The second kappa shape index (κ2) is 7.99. The summed E-state index contributed by atoms with van der Waals surface area (Å²) in [6.45, 7) is 2.44. The fourth-order valence-corrected chi connectivity index (χ4v) is 4.54. The smallest absolute Gasteiger partial charge is 0.410 e. The molecule has 0 aromatic heterocycles. The van der Waals surface area contributed by atoms with Crippen LogP contribution in [-0.4, -0.2) is 30.7 Å². The molecule has 1 amide bonds. The summed E-state index contributed by atoms with van der Waals surface area (Å²) in [7, 11) is 0. The molecule has 29 heavy (non-hydrogen) atoms. The van der Waals surface area contributed by atoms with Crippen LogP contribution in [0.2, 0.25) is 0 Å². The summed E-state index contributed by atoms with van der Waals surface area (Å²) in [5.74, 6) is -1.11. The number of rotatable bonds is 2. The second-order valence-electron chi connectivity index (χ2n) is 6.83. The first kappa shape index (κ1) is 20.5. The first-order valence-corrected chi connectivity index (χ1v) is 9.83. The average molecular weight is 452 g/mol. The number of nitrogens with two attached hydrogens (primary N) is 1. The van der Waals surface area contributed by atoms with Crippen LogP contribution in [0.5, 0.6) is 0 Å². The SMILES string of the molecule is CCOC(=O)N1CC=C2C(C#N)=C(N)C(C#N)(C#N)[C@@H](c3cccc(Br)c3)[C@@H]2C1. The van der Waals surface area contributed by atoms with E-state index in [1.165, 1.54) is 4.90 Å². The van der Waals surface area contributed by atoms with E-state index in [0.717, 1.165) is 10.0 Å². The minimum atomic E-state index is -1.73. The maximum Gasteiger partial charge on any atom is 0.410 e. The van der Waals surface area contributed by atoms with Crippen LogP contribution >= 0.6 is 15.9 Å². The van der Waals surface area contributed by atoms with Crippen molar-refractivity contribution < 1.29 is 9.53 Å². The molecule has 0 radical (unpaired) electrons. The summed E-state index contributed by atoms with van der Waals surface area (Å²) in [5.41, 5.74) is 6.02. The summed E-state index contributed by atoms with van der Waals surface area (Å²) in [6, 6.07) is 13.5. The minimum Gasteiger partial charge on any atom is -0.450 e. The number of carbonyl (C=O) groups is 1. The van der Waals surface area contributed by atoms with E-state index in [0.29, 0.717) is 5.57 Å². The van der Waals surface area contributed by atoms with Crippen LogP contribution in [0, 0.1) is 45.3 Å². The maximum absolute atomic E-state index is 12.3. The van der Waals surface area contributed by atoms with E-state index in [-0.39, 0.29) is 31.0 Å². The number of carbonyl (C=O) groups excluding carboxylic acids is 1. The van der Waals surface area contributed by atoms with Crippen molar-refractivity contribution in [3.8, 4) is 18.2 Å². The van der Waals surface area contributed by atoms with Crippen molar-refractivity contribution in [2.45, 2.75) is 12.8 Å². The maximum atomic E-state index is 12.3. The highest BCUT2D eigenvalue weighted by molar-refractivity contribution is 9.10. The van der Waals surface area contributed by atoms with Gasteiger partial charge in [0.1, 0.15) is 6.07 Å². The van der Waals surface area contributed by atoms with Crippen molar-refractivity contribution in [1.29, 1.82) is 15.8 Å². The summed E-state index contributed by atoms with van der Waals surface area (Å²) >= 11 is 3.43. The van der Waals surface area contributed by atoms with Gasteiger partial charge in [0, 0.05) is 29.4 Å². The van der Waals surface area contributed by atoms with Gasteiger partial charge in [0.2, 0.25) is 0 Å². The van der Waals surface area contributed by atoms with E-state index >= 15 is 0 Å². The lowest BCUT2D eigenvalue weighted by Gasteiger charge is -2.45. The fourth-order valence-electron chi connectivity index (χ4n) is 4.12. The van der Waals surface area contributed by atoms with Gasteiger partial charge in [-0.1, -0.05) is 34.1 Å². The average Bonchev–Trinajstić information content (AvgIpc) is 2.73. The zero-order valence-electron chi connectivity index (χ0n) is 15.7.